The third-order valence-electron chi connectivity index (χ3n) is 4.97. The van der Waals surface area contributed by atoms with Gasteiger partial charge in [0.2, 0.25) is 0 Å². The van der Waals surface area contributed by atoms with Crippen molar-refractivity contribution in [3.63, 3.8) is 0 Å². The summed E-state index contributed by atoms with van der Waals surface area (Å²) in [4.78, 5) is 7.05. The standard InChI is InChI=1S/C22H34N4O2/c1-2-23-22(24-12-6-15-27-18-21-7-5-16-28-21)25-17-19-8-10-20(11-9-19)26-13-3-4-14-26/h3-4,8-11,21H,2,5-7,12-18H2,1H3,(H2,23,24,25). The Morgan fingerprint density at radius 1 is 1.21 bits per heavy atom. The average molecular weight is 387 g/mol. The molecule has 6 nitrogen and oxygen atoms in total. The van der Waals surface area contributed by atoms with E-state index in [1.807, 2.05) is 0 Å². The van der Waals surface area contributed by atoms with Gasteiger partial charge in [0.15, 0.2) is 5.96 Å². The van der Waals surface area contributed by atoms with Gasteiger partial charge in [0.1, 0.15) is 0 Å². The lowest BCUT2D eigenvalue weighted by molar-refractivity contribution is 0.0168. The Hall–Kier alpha value is -2.05. The van der Waals surface area contributed by atoms with E-state index in [9.17, 15) is 0 Å². The van der Waals surface area contributed by atoms with Gasteiger partial charge in [-0.25, -0.2) is 4.99 Å². The van der Waals surface area contributed by atoms with Crippen LogP contribution in [0.25, 0.3) is 0 Å². The number of guanidine groups is 1. The maximum atomic E-state index is 5.71. The molecule has 1 aromatic carbocycles. The molecule has 1 fully saturated rings. The molecule has 0 bridgehead atoms. The van der Waals surface area contributed by atoms with Crippen molar-refractivity contribution in [3.05, 3.63) is 42.0 Å². The van der Waals surface area contributed by atoms with Crippen LogP contribution in [0.3, 0.4) is 0 Å². The van der Waals surface area contributed by atoms with Crippen molar-refractivity contribution in [2.24, 2.45) is 4.99 Å². The lowest BCUT2D eigenvalue weighted by Crippen LogP contribution is -2.38. The highest BCUT2D eigenvalue weighted by molar-refractivity contribution is 5.79. The highest BCUT2D eigenvalue weighted by atomic mass is 16.5. The predicted molar refractivity (Wildman–Crippen MR) is 115 cm³/mol. The smallest absolute Gasteiger partial charge is 0.191 e. The third kappa shape index (κ3) is 6.84. The minimum Gasteiger partial charge on any atom is -0.379 e. The molecule has 2 heterocycles. The fourth-order valence-electron chi connectivity index (χ4n) is 3.38. The van der Waals surface area contributed by atoms with Crippen molar-refractivity contribution in [1.29, 1.82) is 0 Å². The summed E-state index contributed by atoms with van der Waals surface area (Å²) in [6.45, 7) is 8.81. The van der Waals surface area contributed by atoms with E-state index in [0.717, 1.165) is 71.2 Å². The molecule has 2 aliphatic heterocycles. The first kappa shape index (κ1) is 20.7. The van der Waals surface area contributed by atoms with Gasteiger partial charge >= 0.3 is 0 Å². The zero-order valence-electron chi connectivity index (χ0n) is 17.0. The average Bonchev–Trinajstić information content (AvgIpc) is 3.43. The van der Waals surface area contributed by atoms with Crippen LogP contribution >= 0.6 is 0 Å². The number of rotatable bonds is 10. The van der Waals surface area contributed by atoms with E-state index in [1.165, 1.54) is 11.3 Å². The monoisotopic (exact) mass is 386 g/mol. The van der Waals surface area contributed by atoms with Crippen LogP contribution in [0.2, 0.25) is 0 Å². The van der Waals surface area contributed by atoms with Crippen molar-refractivity contribution >= 4 is 11.6 Å². The second-order valence-electron chi connectivity index (χ2n) is 7.23. The number of nitrogens with zero attached hydrogens (tertiary/aromatic N) is 2. The minimum absolute atomic E-state index is 0.306. The molecule has 6 heteroatoms. The molecule has 1 saturated heterocycles. The third-order valence-corrected chi connectivity index (χ3v) is 4.97. The number of hydrogen-bond acceptors (Lipinski definition) is 4. The van der Waals surface area contributed by atoms with E-state index in [-0.39, 0.29) is 0 Å². The molecular weight excluding hydrogens is 352 g/mol. The summed E-state index contributed by atoms with van der Waals surface area (Å²) in [5.74, 6) is 0.856. The molecule has 1 aromatic rings. The molecule has 2 aliphatic rings. The van der Waals surface area contributed by atoms with Crippen molar-refractivity contribution in [2.45, 2.75) is 38.8 Å². The minimum atomic E-state index is 0.306. The van der Waals surface area contributed by atoms with Crippen molar-refractivity contribution < 1.29 is 9.47 Å². The molecule has 3 rings (SSSR count). The molecule has 0 saturated carbocycles. The second kappa shape index (κ2) is 11.7. The van der Waals surface area contributed by atoms with Crippen LogP contribution in [0.1, 0.15) is 31.7 Å². The maximum absolute atomic E-state index is 5.71. The topological polar surface area (TPSA) is 58.1 Å². The Balaban J connectivity index is 1.35. The molecule has 154 valence electrons. The van der Waals surface area contributed by atoms with Gasteiger partial charge < -0.3 is 25.0 Å². The summed E-state index contributed by atoms with van der Waals surface area (Å²) in [5, 5.41) is 6.69. The Bertz CT molecular complexity index is 616. The zero-order valence-corrected chi connectivity index (χ0v) is 17.0. The summed E-state index contributed by atoms with van der Waals surface area (Å²) in [6.07, 6.45) is 7.97. The molecule has 1 unspecified atom stereocenters. The summed E-state index contributed by atoms with van der Waals surface area (Å²) >= 11 is 0. The Morgan fingerprint density at radius 3 is 2.75 bits per heavy atom. The van der Waals surface area contributed by atoms with E-state index in [1.54, 1.807) is 0 Å². The summed E-state index contributed by atoms with van der Waals surface area (Å²) < 4.78 is 11.3. The molecule has 0 amide bonds. The lowest BCUT2D eigenvalue weighted by atomic mass is 10.2. The van der Waals surface area contributed by atoms with Gasteiger partial charge in [-0.2, -0.15) is 0 Å². The molecule has 0 radical (unpaired) electrons. The quantitative estimate of drug-likeness (QED) is 0.280. The van der Waals surface area contributed by atoms with Crippen LogP contribution in [-0.2, 0) is 16.0 Å². The van der Waals surface area contributed by atoms with E-state index in [4.69, 9.17) is 14.5 Å². The van der Waals surface area contributed by atoms with Gasteiger partial charge in [-0.3, -0.25) is 0 Å². The summed E-state index contributed by atoms with van der Waals surface area (Å²) in [7, 11) is 0. The van der Waals surface area contributed by atoms with Crippen LogP contribution in [0.15, 0.2) is 41.4 Å². The highest BCUT2D eigenvalue weighted by Crippen LogP contribution is 2.18. The summed E-state index contributed by atoms with van der Waals surface area (Å²) in [5.41, 5.74) is 2.48. The highest BCUT2D eigenvalue weighted by Gasteiger charge is 2.14. The van der Waals surface area contributed by atoms with Crippen molar-refractivity contribution in [3.8, 4) is 0 Å². The van der Waals surface area contributed by atoms with Crippen molar-refractivity contribution in [2.75, 3.05) is 50.9 Å². The number of hydrogen-bond donors (Lipinski definition) is 2. The molecule has 1 atom stereocenters. The molecule has 0 spiro atoms. The molecular formula is C22H34N4O2. The van der Waals surface area contributed by atoms with Gasteiger partial charge in [0, 0.05) is 45.1 Å². The first-order chi connectivity index (χ1) is 13.8. The summed E-state index contributed by atoms with van der Waals surface area (Å²) in [6, 6.07) is 8.70. The SMILES string of the molecule is CCNC(=NCc1ccc(N2CC=CC2)cc1)NCCCOCC1CCCO1. The van der Waals surface area contributed by atoms with Gasteiger partial charge in [-0.05, 0) is 43.9 Å². The van der Waals surface area contributed by atoms with Gasteiger partial charge in [-0.1, -0.05) is 24.3 Å². The van der Waals surface area contributed by atoms with Gasteiger partial charge in [-0.15, -0.1) is 0 Å². The molecule has 0 aliphatic carbocycles. The number of nitrogens with one attached hydrogen (secondary N) is 2. The molecule has 2 N–H and O–H groups in total. The van der Waals surface area contributed by atoms with E-state index >= 15 is 0 Å². The van der Waals surface area contributed by atoms with Gasteiger partial charge in [0.05, 0.1) is 19.3 Å². The Kier molecular flexibility index (Phi) is 8.65. The number of ether oxygens (including phenoxy) is 2. The molecule has 0 aromatic heterocycles. The largest absolute Gasteiger partial charge is 0.379 e. The zero-order chi connectivity index (χ0) is 19.4. The van der Waals surface area contributed by atoms with E-state index in [2.05, 4.69) is 58.9 Å². The van der Waals surface area contributed by atoms with E-state index in [0.29, 0.717) is 12.6 Å². The van der Waals surface area contributed by atoms with Crippen LogP contribution in [-0.4, -0.2) is 58.1 Å². The van der Waals surface area contributed by atoms with Crippen LogP contribution in [0, 0.1) is 0 Å². The van der Waals surface area contributed by atoms with Gasteiger partial charge in [0.25, 0.3) is 0 Å². The number of aliphatic imine (C=N–C) groups is 1. The second-order valence-corrected chi connectivity index (χ2v) is 7.23. The first-order valence-electron chi connectivity index (χ1n) is 10.6. The number of benzene rings is 1. The first-order valence-corrected chi connectivity index (χ1v) is 10.6. The predicted octanol–water partition coefficient (Wildman–Crippen LogP) is 2.70. The molecule has 28 heavy (non-hydrogen) atoms. The van der Waals surface area contributed by atoms with Crippen LogP contribution in [0.4, 0.5) is 5.69 Å². The van der Waals surface area contributed by atoms with E-state index < -0.39 is 0 Å². The Labute approximate surface area is 169 Å². The van der Waals surface area contributed by atoms with Crippen LogP contribution < -0.4 is 15.5 Å². The normalized spacial score (nSPS) is 19.4. The maximum Gasteiger partial charge on any atom is 0.191 e. The number of anilines is 1. The fraction of sp³-hybridized carbons (Fsp3) is 0.591. The fourth-order valence-corrected chi connectivity index (χ4v) is 3.38. The lowest BCUT2D eigenvalue weighted by Gasteiger charge is -2.17. The Morgan fingerprint density at radius 2 is 2.04 bits per heavy atom. The van der Waals surface area contributed by atoms with Crippen molar-refractivity contribution in [1.82, 2.24) is 10.6 Å². The van der Waals surface area contributed by atoms with Crippen LogP contribution in [0.5, 0.6) is 0 Å².